The van der Waals surface area contributed by atoms with Crippen molar-refractivity contribution < 1.29 is 4.74 Å². The molecule has 0 atom stereocenters. The minimum atomic E-state index is 0.808. The molecule has 0 unspecified atom stereocenters. The second kappa shape index (κ2) is 5.77. The van der Waals surface area contributed by atoms with Crippen molar-refractivity contribution in [3.8, 4) is 0 Å². The van der Waals surface area contributed by atoms with Gasteiger partial charge < -0.3 is 9.64 Å². The molecule has 16 heavy (non-hydrogen) atoms. The van der Waals surface area contributed by atoms with Crippen LogP contribution in [0.15, 0.2) is 42.6 Å². The summed E-state index contributed by atoms with van der Waals surface area (Å²) in [6.07, 6.45) is 4.06. The second-order valence-corrected chi connectivity index (χ2v) is 4.13. The van der Waals surface area contributed by atoms with Gasteiger partial charge in [0.25, 0.3) is 0 Å². The summed E-state index contributed by atoms with van der Waals surface area (Å²) in [4.78, 5) is 3.12. The molecule has 0 spiro atoms. The minimum absolute atomic E-state index is 0.808. The number of rotatable bonds is 3. The summed E-state index contributed by atoms with van der Waals surface area (Å²) in [5.74, 6) is 0. The van der Waals surface area contributed by atoms with E-state index in [0.717, 1.165) is 36.7 Å². The third-order valence-corrected chi connectivity index (χ3v) is 2.91. The van der Waals surface area contributed by atoms with E-state index in [1.54, 1.807) is 0 Å². The quantitative estimate of drug-likeness (QED) is 0.451. The summed E-state index contributed by atoms with van der Waals surface area (Å²) in [6.45, 7) is 3.52. The summed E-state index contributed by atoms with van der Waals surface area (Å²) in [5.41, 5.74) is 1.10. The number of allylic oxidation sites excluding steroid dienone is 1. The number of nitrogens with zero attached hydrogens (tertiary/aromatic N) is 1. The first-order valence-electron chi connectivity index (χ1n) is 5.45. The molecule has 1 fully saturated rings. The van der Waals surface area contributed by atoms with Gasteiger partial charge in [0, 0.05) is 24.2 Å². The van der Waals surface area contributed by atoms with Crippen molar-refractivity contribution >= 4 is 17.1 Å². The van der Waals surface area contributed by atoms with Gasteiger partial charge in [0.15, 0.2) is 0 Å². The molecule has 0 N–H and O–H groups in total. The molecule has 1 aromatic carbocycles. The van der Waals surface area contributed by atoms with Gasteiger partial charge in [-0.2, -0.15) is 0 Å². The standard InChI is InChI=1S/C13H15NOS/c16-13(12-4-2-1-3-5-12)6-7-14-8-10-15-11-9-14/h1-7H,8-11H2/b7-6+. The first-order chi connectivity index (χ1) is 7.86. The second-order valence-electron chi connectivity index (χ2n) is 3.69. The van der Waals surface area contributed by atoms with Gasteiger partial charge in [-0.15, -0.1) is 0 Å². The normalized spacial score (nSPS) is 16.6. The zero-order valence-electron chi connectivity index (χ0n) is 9.13. The predicted octanol–water partition coefficient (Wildman–Crippen LogP) is 2.25. The molecule has 1 heterocycles. The van der Waals surface area contributed by atoms with Crippen molar-refractivity contribution in [1.29, 1.82) is 0 Å². The molecule has 0 saturated carbocycles. The number of morpholine rings is 1. The number of hydrogen-bond donors (Lipinski definition) is 0. The van der Waals surface area contributed by atoms with E-state index in [-0.39, 0.29) is 0 Å². The Morgan fingerprint density at radius 2 is 1.88 bits per heavy atom. The third-order valence-electron chi connectivity index (χ3n) is 2.54. The smallest absolute Gasteiger partial charge is 0.0642 e. The number of thiocarbonyl (C=S) groups is 1. The average Bonchev–Trinajstić information content (AvgIpc) is 2.38. The Kier molecular flexibility index (Phi) is 4.08. The van der Waals surface area contributed by atoms with Crippen LogP contribution in [0.1, 0.15) is 5.56 Å². The molecule has 1 aliphatic rings. The maximum Gasteiger partial charge on any atom is 0.0642 e. The zero-order chi connectivity index (χ0) is 11.2. The van der Waals surface area contributed by atoms with Crippen molar-refractivity contribution in [3.63, 3.8) is 0 Å². The Labute approximate surface area is 102 Å². The molecule has 0 aliphatic carbocycles. The van der Waals surface area contributed by atoms with Gasteiger partial charge in [0.2, 0.25) is 0 Å². The molecule has 2 rings (SSSR count). The van der Waals surface area contributed by atoms with Gasteiger partial charge in [0.1, 0.15) is 0 Å². The van der Waals surface area contributed by atoms with Gasteiger partial charge in [0.05, 0.1) is 13.2 Å². The largest absolute Gasteiger partial charge is 0.378 e. The first-order valence-corrected chi connectivity index (χ1v) is 5.86. The number of hydrogen-bond acceptors (Lipinski definition) is 3. The number of benzene rings is 1. The molecule has 0 radical (unpaired) electrons. The fourth-order valence-electron chi connectivity index (χ4n) is 1.60. The molecular weight excluding hydrogens is 218 g/mol. The van der Waals surface area contributed by atoms with E-state index in [0.29, 0.717) is 0 Å². The molecule has 0 amide bonds. The van der Waals surface area contributed by atoms with Crippen LogP contribution in [0.25, 0.3) is 0 Å². The lowest BCUT2D eigenvalue weighted by Gasteiger charge is -2.25. The summed E-state index contributed by atoms with van der Waals surface area (Å²) in [5, 5.41) is 0. The molecule has 2 nitrogen and oxygen atoms in total. The minimum Gasteiger partial charge on any atom is -0.378 e. The van der Waals surface area contributed by atoms with Crippen molar-refractivity contribution in [3.05, 3.63) is 48.2 Å². The Bertz CT molecular complexity index is 369. The SMILES string of the molecule is S=C(/C=C/N1CCOCC1)c1ccccc1. The molecule has 0 bridgehead atoms. The molecular formula is C13H15NOS. The van der Waals surface area contributed by atoms with E-state index in [1.807, 2.05) is 36.4 Å². The Hall–Kier alpha value is -1.19. The topological polar surface area (TPSA) is 12.5 Å². The zero-order valence-corrected chi connectivity index (χ0v) is 9.95. The lowest BCUT2D eigenvalue weighted by molar-refractivity contribution is 0.0594. The predicted molar refractivity (Wildman–Crippen MR) is 69.7 cm³/mol. The van der Waals surface area contributed by atoms with Crippen molar-refractivity contribution in [2.24, 2.45) is 0 Å². The molecule has 3 heteroatoms. The fraction of sp³-hybridized carbons (Fsp3) is 0.308. The van der Waals surface area contributed by atoms with Crippen LogP contribution in [0.5, 0.6) is 0 Å². The Morgan fingerprint density at radius 3 is 2.56 bits per heavy atom. The monoisotopic (exact) mass is 233 g/mol. The van der Waals surface area contributed by atoms with Crippen LogP contribution in [-0.2, 0) is 4.74 Å². The highest BCUT2D eigenvalue weighted by atomic mass is 32.1. The highest BCUT2D eigenvalue weighted by Crippen LogP contribution is 2.04. The maximum absolute atomic E-state index is 5.34. The van der Waals surface area contributed by atoms with Gasteiger partial charge in [-0.05, 0) is 11.6 Å². The highest BCUT2D eigenvalue weighted by Gasteiger charge is 2.05. The summed E-state index contributed by atoms with van der Waals surface area (Å²) < 4.78 is 5.28. The first kappa shape index (κ1) is 11.3. The summed E-state index contributed by atoms with van der Waals surface area (Å²) >= 11 is 5.34. The van der Waals surface area contributed by atoms with E-state index in [9.17, 15) is 0 Å². The van der Waals surface area contributed by atoms with E-state index in [1.165, 1.54) is 0 Å². The van der Waals surface area contributed by atoms with Crippen LogP contribution in [0.2, 0.25) is 0 Å². The Balaban J connectivity index is 1.94. The average molecular weight is 233 g/mol. The molecule has 0 aromatic heterocycles. The highest BCUT2D eigenvalue weighted by molar-refractivity contribution is 7.81. The van der Waals surface area contributed by atoms with Crippen LogP contribution in [0.3, 0.4) is 0 Å². The third kappa shape index (κ3) is 3.15. The van der Waals surface area contributed by atoms with E-state index in [2.05, 4.69) is 11.1 Å². The molecule has 1 aromatic rings. The fourth-order valence-corrected chi connectivity index (χ4v) is 1.80. The van der Waals surface area contributed by atoms with Gasteiger partial charge >= 0.3 is 0 Å². The Morgan fingerprint density at radius 1 is 1.19 bits per heavy atom. The van der Waals surface area contributed by atoms with Crippen LogP contribution in [0.4, 0.5) is 0 Å². The van der Waals surface area contributed by atoms with Crippen molar-refractivity contribution in [1.82, 2.24) is 4.90 Å². The summed E-state index contributed by atoms with van der Waals surface area (Å²) in [6, 6.07) is 10.1. The summed E-state index contributed by atoms with van der Waals surface area (Å²) in [7, 11) is 0. The lowest BCUT2D eigenvalue weighted by Crippen LogP contribution is -2.32. The molecule has 84 valence electrons. The van der Waals surface area contributed by atoms with Crippen molar-refractivity contribution in [2.75, 3.05) is 26.3 Å². The molecule has 1 aliphatic heterocycles. The van der Waals surface area contributed by atoms with Gasteiger partial charge in [-0.3, -0.25) is 0 Å². The van der Waals surface area contributed by atoms with Crippen LogP contribution >= 0.6 is 12.2 Å². The number of ether oxygens (including phenoxy) is 1. The van der Waals surface area contributed by atoms with E-state index >= 15 is 0 Å². The van der Waals surface area contributed by atoms with Crippen molar-refractivity contribution in [2.45, 2.75) is 0 Å². The lowest BCUT2D eigenvalue weighted by atomic mass is 10.1. The van der Waals surface area contributed by atoms with E-state index < -0.39 is 0 Å². The maximum atomic E-state index is 5.34. The van der Waals surface area contributed by atoms with Crippen LogP contribution < -0.4 is 0 Å². The molecule has 1 saturated heterocycles. The van der Waals surface area contributed by atoms with Gasteiger partial charge in [-0.1, -0.05) is 42.5 Å². The van der Waals surface area contributed by atoms with E-state index in [4.69, 9.17) is 17.0 Å². The van der Waals surface area contributed by atoms with Crippen LogP contribution in [0, 0.1) is 0 Å². The van der Waals surface area contributed by atoms with Gasteiger partial charge in [-0.25, -0.2) is 0 Å². The van der Waals surface area contributed by atoms with Crippen LogP contribution in [-0.4, -0.2) is 36.1 Å².